The van der Waals surface area contributed by atoms with Gasteiger partial charge < -0.3 is 9.84 Å². The first-order valence-electron chi connectivity index (χ1n) is 7.76. The summed E-state index contributed by atoms with van der Waals surface area (Å²) < 4.78 is 5.30. The summed E-state index contributed by atoms with van der Waals surface area (Å²) in [5, 5.41) is 9.93. The van der Waals surface area contributed by atoms with E-state index in [9.17, 15) is 9.90 Å². The third-order valence-electron chi connectivity index (χ3n) is 4.44. The Morgan fingerprint density at radius 2 is 2.14 bits per heavy atom. The van der Waals surface area contributed by atoms with E-state index in [2.05, 4.69) is 11.5 Å². The fraction of sp³-hybridized carbons (Fsp3) is 0.471. The van der Waals surface area contributed by atoms with Gasteiger partial charge in [0.15, 0.2) is 0 Å². The highest BCUT2D eigenvalue weighted by atomic mass is 16.6. The Hall–Kier alpha value is -1.85. The van der Waals surface area contributed by atoms with Crippen LogP contribution >= 0.6 is 0 Å². The molecule has 0 aromatic heterocycles. The summed E-state index contributed by atoms with van der Waals surface area (Å²) >= 11 is 0. The number of likely N-dealkylation sites (tertiary alicyclic amines) is 1. The average Bonchev–Trinajstić information content (AvgIpc) is 2.90. The summed E-state index contributed by atoms with van der Waals surface area (Å²) in [4.78, 5) is 16.2. The fourth-order valence-corrected chi connectivity index (χ4v) is 3.39. The van der Waals surface area contributed by atoms with Gasteiger partial charge in [-0.25, -0.2) is 4.79 Å². The van der Waals surface area contributed by atoms with E-state index in [1.54, 1.807) is 4.90 Å². The summed E-state index contributed by atoms with van der Waals surface area (Å²) in [5.74, 6) is 0. The van der Waals surface area contributed by atoms with Gasteiger partial charge in [-0.15, -0.1) is 6.58 Å². The number of hydrogen-bond acceptors (Lipinski definition) is 4. The Morgan fingerprint density at radius 1 is 1.36 bits per heavy atom. The maximum Gasteiger partial charge on any atom is 0.415 e. The van der Waals surface area contributed by atoms with Crippen molar-refractivity contribution in [1.82, 2.24) is 4.90 Å². The van der Waals surface area contributed by atoms with Crippen LogP contribution in [0.4, 0.5) is 10.5 Å². The molecule has 1 N–H and O–H groups in total. The second kappa shape index (κ2) is 6.50. The van der Waals surface area contributed by atoms with Crippen molar-refractivity contribution < 1.29 is 14.6 Å². The van der Waals surface area contributed by atoms with Crippen LogP contribution in [0, 0.1) is 0 Å². The number of carbonyl (C=O) groups is 1. The number of nitrogens with zero attached hydrogens (tertiary/aromatic N) is 2. The number of aliphatic hydroxyl groups is 1. The monoisotopic (exact) mass is 302 g/mol. The van der Waals surface area contributed by atoms with Crippen LogP contribution in [0.25, 0.3) is 0 Å². The zero-order valence-electron chi connectivity index (χ0n) is 12.6. The van der Waals surface area contributed by atoms with Crippen molar-refractivity contribution in [1.29, 1.82) is 0 Å². The van der Waals surface area contributed by atoms with Gasteiger partial charge in [-0.3, -0.25) is 9.80 Å². The van der Waals surface area contributed by atoms with Gasteiger partial charge in [0.2, 0.25) is 0 Å². The number of ether oxygens (including phenoxy) is 1. The van der Waals surface area contributed by atoms with Crippen molar-refractivity contribution in [2.45, 2.75) is 37.6 Å². The van der Waals surface area contributed by atoms with E-state index >= 15 is 0 Å². The molecule has 5 heteroatoms. The minimum Gasteiger partial charge on any atom is -0.445 e. The topological polar surface area (TPSA) is 53.0 Å². The third-order valence-corrected chi connectivity index (χ3v) is 4.44. The van der Waals surface area contributed by atoms with E-state index in [1.165, 1.54) is 0 Å². The third kappa shape index (κ3) is 2.87. The number of hydrogen-bond donors (Lipinski definition) is 1. The molecule has 2 saturated heterocycles. The second-order valence-corrected chi connectivity index (χ2v) is 5.86. The molecule has 0 aliphatic carbocycles. The number of amides is 1. The first-order chi connectivity index (χ1) is 10.7. The predicted molar refractivity (Wildman–Crippen MR) is 84.6 cm³/mol. The minimum atomic E-state index is -0.306. The molecule has 2 heterocycles. The Kier molecular flexibility index (Phi) is 4.45. The van der Waals surface area contributed by atoms with Crippen molar-refractivity contribution in [2.24, 2.45) is 0 Å². The van der Waals surface area contributed by atoms with Gasteiger partial charge in [0.1, 0.15) is 12.8 Å². The van der Waals surface area contributed by atoms with Crippen LogP contribution in [0.5, 0.6) is 0 Å². The Bertz CT molecular complexity index is 534. The van der Waals surface area contributed by atoms with E-state index < -0.39 is 0 Å². The maximum atomic E-state index is 12.2. The lowest BCUT2D eigenvalue weighted by molar-refractivity contribution is 0.0159. The molecule has 3 unspecified atom stereocenters. The van der Waals surface area contributed by atoms with Crippen molar-refractivity contribution >= 4 is 11.8 Å². The first kappa shape index (κ1) is 15.1. The van der Waals surface area contributed by atoms with E-state index in [1.807, 2.05) is 36.4 Å². The highest BCUT2D eigenvalue weighted by Gasteiger charge is 2.42. The summed E-state index contributed by atoms with van der Waals surface area (Å²) in [6.45, 7) is 4.93. The number of cyclic esters (lactones) is 1. The molecule has 1 aromatic carbocycles. The van der Waals surface area contributed by atoms with Crippen molar-refractivity contribution in [3.8, 4) is 0 Å². The molecule has 3 atom stereocenters. The van der Waals surface area contributed by atoms with Gasteiger partial charge >= 0.3 is 6.09 Å². The molecule has 0 radical (unpaired) electrons. The summed E-state index contributed by atoms with van der Waals surface area (Å²) in [5.41, 5.74) is 0.846. The zero-order valence-corrected chi connectivity index (χ0v) is 12.6. The predicted octanol–water partition coefficient (Wildman–Crippen LogP) is 2.37. The number of carbonyl (C=O) groups excluding carboxylic acids is 1. The normalized spacial score (nSPS) is 29.4. The summed E-state index contributed by atoms with van der Waals surface area (Å²) in [6, 6.07) is 9.78. The molecule has 118 valence electrons. The van der Waals surface area contributed by atoms with E-state index in [-0.39, 0.29) is 24.4 Å². The second-order valence-electron chi connectivity index (χ2n) is 5.86. The van der Waals surface area contributed by atoms with Gasteiger partial charge in [-0.1, -0.05) is 24.3 Å². The lowest BCUT2D eigenvalue weighted by Crippen LogP contribution is -2.55. The van der Waals surface area contributed by atoms with Gasteiger partial charge in [-0.2, -0.15) is 0 Å². The lowest BCUT2D eigenvalue weighted by Gasteiger charge is -2.42. The number of rotatable bonds is 4. The standard InChI is InChI=1S/C17H22N2O3/c1-2-6-14-11-15(20)9-10-18(14)16-12-22-17(21)19(16)13-7-4-3-5-8-13/h2-5,7-8,14-16,20H,1,6,9-12H2. The van der Waals surface area contributed by atoms with E-state index in [4.69, 9.17) is 4.74 Å². The Balaban J connectivity index is 1.85. The molecule has 3 rings (SSSR count). The fourth-order valence-electron chi connectivity index (χ4n) is 3.39. The number of aliphatic hydroxyl groups excluding tert-OH is 1. The number of anilines is 1. The zero-order chi connectivity index (χ0) is 15.5. The highest BCUT2D eigenvalue weighted by molar-refractivity contribution is 5.90. The van der Waals surface area contributed by atoms with Gasteiger partial charge in [0.05, 0.1) is 6.10 Å². The van der Waals surface area contributed by atoms with E-state index in [0.717, 1.165) is 25.1 Å². The first-order valence-corrected chi connectivity index (χ1v) is 7.76. The number of benzene rings is 1. The molecule has 0 bridgehead atoms. The van der Waals surface area contributed by atoms with Crippen LogP contribution in [0.2, 0.25) is 0 Å². The van der Waals surface area contributed by atoms with Gasteiger partial charge in [0, 0.05) is 18.3 Å². The smallest absolute Gasteiger partial charge is 0.415 e. The quantitative estimate of drug-likeness (QED) is 0.868. The van der Waals surface area contributed by atoms with E-state index in [0.29, 0.717) is 13.0 Å². The summed E-state index contributed by atoms with van der Waals surface area (Å²) in [7, 11) is 0. The minimum absolute atomic E-state index is 0.118. The van der Waals surface area contributed by atoms with Crippen LogP contribution in [0.1, 0.15) is 19.3 Å². The molecule has 5 nitrogen and oxygen atoms in total. The van der Waals surface area contributed by atoms with Crippen LogP contribution in [-0.2, 0) is 4.74 Å². The molecule has 2 aliphatic rings. The van der Waals surface area contributed by atoms with Crippen molar-refractivity contribution in [2.75, 3.05) is 18.1 Å². The average molecular weight is 302 g/mol. The highest BCUT2D eigenvalue weighted by Crippen LogP contribution is 2.30. The maximum absolute atomic E-state index is 12.2. The molecular weight excluding hydrogens is 280 g/mol. The molecule has 2 fully saturated rings. The van der Waals surface area contributed by atoms with Crippen LogP contribution in [-0.4, -0.2) is 47.6 Å². The molecule has 2 aliphatic heterocycles. The molecule has 1 amide bonds. The largest absolute Gasteiger partial charge is 0.445 e. The van der Waals surface area contributed by atoms with Crippen molar-refractivity contribution in [3.63, 3.8) is 0 Å². The van der Waals surface area contributed by atoms with Crippen LogP contribution in [0.15, 0.2) is 43.0 Å². The summed E-state index contributed by atoms with van der Waals surface area (Å²) in [6.07, 6.45) is 3.40. The molecule has 1 aromatic rings. The Morgan fingerprint density at radius 3 is 2.86 bits per heavy atom. The number of para-hydroxylation sites is 1. The van der Waals surface area contributed by atoms with Gasteiger partial charge in [-0.05, 0) is 31.4 Å². The number of piperidine rings is 1. The van der Waals surface area contributed by atoms with Crippen molar-refractivity contribution in [3.05, 3.63) is 43.0 Å². The van der Waals surface area contributed by atoms with Crippen LogP contribution < -0.4 is 4.90 Å². The molecule has 0 saturated carbocycles. The SMILES string of the molecule is C=CCC1CC(O)CCN1C1COC(=O)N1c1ccccc1. The molecular formula is C17H22N2O3. The lowest BCUT2D eigenvalue weighted by atomic mass is 9.96. The Labute approximate surface area is 130 Å². The molecule has 0 spiro atoms. The van der Waals surface area contributed by atoms with Crippen LogP contribution in [0.3, 0.4) is 0 Å². The van der Waals surface area contributed by atoms with Gasteiger partial charge in [0.25, 0.3) is 0 Å². The molecule has 22 heavy (non-hydrogen) atoms.